The van der Waals surface area contributed by atoms with Crippen molar-refractivity contribution in [2.75, 3.05) is 20.2 Å². The molecular formula is C25H28N4O4. The first-order valence-corrected chi connectivity index (χ1v) is 11.2. The molecule has 2 bridgehead atoms. The lowest BCUT2D eigenvalue weighted by molar-refractivity contribution is -0.142. The van der Waals surface area contributed by atoms with Gasteiger partial charge in [-0.05, 0) is 55.9 Å². The second-order valence-electron chi connectivity index (χ2n) is 9.57. The Kier molecular flexibility index (Phi) is 5.03. The SMILES string of the molecule is COc1ccc(-c2cccn3c(C(C)(C)NC(=O)[C@@H]4[C@@H]5C[C@H]4CN(C(=O)O)C5)ncc23)cc1. The van der Waals surface area contributed by atoms with Crippen LogP contribution in [0.4, 0.5) is 4.79 Å². The Morgan fingerprint density at radius 3 is 2.48 bits per heavy atom. The number of imidazole rings is 1. The number of pyridine rings is 1. The van der Waals surface area contributed by atoms with Crippen LogP contribution in [0, 0.1) is 17.8 Å². The summed E-state index contributed by atoms with van der Waals surface area (Å²) in [5, 5.41) is 12.4. The zero-order valence-corrected chi connectivity index (χ0v) is 19.0. The molecule has 1 aliphatic carbocycles. The molecule has 33 heavy (non-hydrogen) atoms. The van der Waals surface area contributed by atoms with Crippen molar-refractivity contribution in [3.8, 4) is 16.9 Å². The van der Waals surface area contributed by atoms with E-state index in [2.05, 4.69) is 16.4 Å². The van der Waals surface area contributed by atoms with Crippen molar-refractivity contribution >= 4 is 17.5 Å². The standard InChI is InChI=1S/C25H28N4O4/c1-25(2,27-22(30)21-16-11-17(21)14-28(13-16)24(31)32)23-26-12-20-19(5-4-10-29(20)23)15-6-8-18(33-3)9-7-15/h4-10,12,16-17,21H,11,13-14H2,1-3H3,(H,27,30)(H,31,32)/t16-,17+,21-. The van der Waals surface area contributed by atoms with E-state index in [1.54, 1.807) is 7.11 Å². The Bertz CT molecular complexity index is 1200. The molecule has 1 saturated heterocycles. The molecular weight excluding hydrogens is 420 g/mol. The van der Waals surface area contributed by atoms with Crippen molar-refractivity contribution in [1.29, 1.82) is 0 Å². The fraction of sp³-hybridized carbons (Fsp3) is 0.400. The van der Waals surface area contributed by atoms with Crippen LogP contribution in [0.15, 0.2) is 48.8 Å². The highest BCUT2D eigenvalue weighted by atomic mass is 16.5. The summed E-state index contributed by atoms with van der Waals surface area (Å²) in [6, 6.07) is 11.9. The monoisotopic (exact) mass is 448 g/mol. The predicted molar refractivity (Wildman–Crippen MR) is 123 cm³/mol. The average Bonchev–Trinajstić information content (AvgIpc) is 3.24. The zero-order valence-electron chi connectivity index (χ0n) is 19.0. The molecule has 2 aliphatic rings. The fourth-order valence-corrected chi connectivity index (χ4v) is 5.42. The number of carboxylic acid groups (broad SMARTS) is 1. The smallest absolute Gasteiger partial charge is 0.407 e. The molecule has 5 rings (SSSR count). The van der Waals surface area contributed by atoms with Gasteiger partial charge >= 0.3 is 6.09 Å². The molecule has 172 valence electrons. The first kappa shape index (κ1) is 21.3. The Hall–Kier alpha value is -3.55. The maximum absolute atomic E-state index is 13.2. The predicted octanol–water partition coefficient (Wildman–Crippen LogP) is 3.61. The molecule has 0 radical (unpaired) electrons. The van der Waals surface area contributed by atoms with Gasteiger partial charge in [0.15, 0.2) is 0 Å². The molecule has 3 aromatic rings. The minimum atomic E-state index is -0.902. The van der Waals surface area contributed by atoms with E-state index in [1.807, 2.05) is 61.0 Å². The number of amides is 2. The van der Waals surface area contributed by atoms with Gasteiger partial charge in [-0.1, -0.05) is 18.2 Å². The van der Waals surface area contributed by atoms with Crippen molar-refractivity contribution in [1.82, 2.24) is 19.6 Å². The maximum Gasteiger partial charge on any atom is 0.407 e. The van der Waals surface area contributed by atoms with Crippen molar-refractivity contribution in [3.05, 3.63) is 54.6 Å². The highest BCUT2D eigenvalue weighted by Crippen LogP contribution is 2.46. The third-order valence-electron chi connectivity index (χ3n) is 7.07. The molecule has 1 aromatic carbocycles. The molecule has 8 heteroatoms. The van der Waals surface area contributed by atoms with E-state index < -0.39 is 11.6 Å². The number of fused-ring (bicyclic) bond motifs is 3. The number of likely N-dealkylation sites (tertiary alicyclic amines) is 1. The first-order valence-electron chi connectivity index (χ1n) is 11.2. The van der Waals surface area contributed by atoms with Gasteiger partial charge in [-0.25, -0.2) is 9.78 Å². The number of hydrogen-bond acceptors (Lipinski definition) is 4. The van der Waals surface area contributed by atoms with Gasteiger partial charge in [0.25, 0.3) is 0 Å². The number of carbonyl (C=O) groups excluding carboxylic acids is 1. The Morgan fingerprint density at radius 1 is 1.15 bits per heavy atom. The van der Waals surface area contributed by atoms with E-state index in [-0.39, 0.29) is 23.7 Å². The fourth-order valence-electron chi connectivity index (χ4n) is 5.42. The van der Waals surface area contributed by atoms with Crippen LogP contribution in [0.1, 0.15) is 26.1 Å². The molecule has 8 nitrogen and oxygen atoms in total. The summed E-state index contributed by atoms with van der Waals surface area (Å²) in [7, 11) is 1.65. The molecule has 0 unspecified atom stereocenters. The number of aromatic nitrogens is 2. The summed E-state index contributed by atoms with van der Waals surface area (Å²) in [6.45, 7) is 4.78. The molecule has 3 heterocycles. The molecule has 1 saturated carbocycles. The van der Waals surface area contributed by atoms with Gasteiger partial charge in [0.05, 0.1) is 24.4 Å². The lowest BCUT2D eigenvalue weighted by Gasteiger charge is -2.52. The Labute approximate surface area is 192 Å². The van der Waals surface area contributed by atoms with E-state index >= 15 is 0 Å². The van der Waals surface area contributed by atoms with Crippen LogP contribution in [0.3, 0.4) is 0 Å². The highest BCUT2D eigenvalue weighted by molar-refractivity contribution is 5.83. The Balaban J connectivity index is 1.38. The summed E-state index contributed by atoms with van der Waals surface area (Å²) in [5.41, 5.74) is 2.36. The van der Waals surface area contributed by atoms with Crippen LogP contribution in [0.25, 0.3) is 16.6 Å². The topological polar surface area (TPSA) is 96.2 Å². The van der Waals surface area contributed by atoms with Crippen LogP contribution >= 0.6 is 0 Å². The lowest BCUT2D eigenvalue weighted by atomic mass is 9.61. The van der Waals surface area contributed by atoms with Crippen LogP contribution in [-0.4, -0.2) is 51.6 Å². The van der Waals surface area contributed by atoms with Crippen LogP contribution < -0.4 is 10.1 Å². The van der Waals surface area contributed by atoms with Gasteiger partial charge < -0.3 is 24.5 Å². The molecule has 2 aromatic heterocycles. The second kappa shape index (κ2) is 7.79. The number of benzene rings is 1. The summed E-state index contributed by atoms with van der Waals surface area (Å²) < 4.78 is 7.29. The number of hydrogen-bond donors (Lipinski definition) is 2. The van der Waals surface area contributed by atoms with E-state index in [0.29, 0.717) is 13.1 Å². The van der Waals surface area contributed by atoms with E-state index in [0.717, 1.165) is 34.6 Å². The molecule has 2 amide bonds. The summed E-state index contributed by atoms with van der Waals surface area (Å²) in [4.78, 5) is 30.6. The number of piperidine rings is 2. The summed E-state index contributed by atoms with van der Waals surface area (Å²) >= 11 is 0. The summed E-state index contributed by atoms with van der Waals surface area (Å²) in [5.74, 6) is 1.58. The van der Waals surface area contributed by atoms with E-state index in [1.165, 1.54) is 4.90 Å². The molecule has 0 spiro atoms. The minimum absolute atomic E-state index is 0.0191. The quantitative estimate of drug-likeness (QED) is 0.622. The van der Waals surface area contributed by atoms with Crippen LogP contribution in [-0.2, 0) is 10.3 Å². The van der Waals surface area contributed by atoms with Crippen molar-refractivity contribution in [2.24, 2.45) is 17.8 Å². The first-order chi connectivity index (χ1) is 15.8. The lowest BCUT2D eigenvalue weighted by Crippen LogP contribution is -2.62. The van der Waals surface area contributed by atoms with Crippen molar-refractivity contribution < 1.29 is 19.4 Å². The number of methoxy groups -OCH3 is 1. The highest BCUT2D eigenvalue weighted by Gasteiger charge is 2.52. The van der Waals surface area contributed by atoms with E-state index in [9.17, 15) is 14.7 Å². The summed E-state index contributed by atoms with van der Waals surface area (Å²) in [6.07, 6.45) is 3.81. The van der Waals surface area contributed by atoms with Crippen molar-refractivity contribution in [3.63, 3.8) is 0 Å². The normalized spacial score (nSPS) is 22.0. The second-order valence-corrected chi connectivity index (χ2v) is 9.57. The van der Waals surface area contributed by atoms with Gasteiger partial charge in [0, 0.05) is 30.8 Å². The largest absolute Gasteiger partial charge is 0.497 e. The number of rotatable bonds is 5. The van der Waals surface area contributed by atoms with E-state index in [4.69, 9.17) is 4.74 Å². The van der Waals surface area contributed by atoms with Crippen LogP contribution in [0.5, 0.6) is 5.75 Å². The van der Waals surface area contributed by atoms with Gasteiger partial charge in [0.1, 0.15) is 11.6 Å². The maximum atomic E-state index is 13.2. The third-order valence-corrected chi connectivity index (χ3v) is 7.07. The number of carbonyl (C=O) groups is 2. The average molecular weight is 449 g/mol. The number of nitrogens with one attached hydrogen (secondary N) is 1. The van der Waals surface area contributed by atoms with Crippen molar-refractivity contribution in [2.45, 2.75) is 25.8 Å². The molecule has 1 aliphatic heterocycles. The van der Waals surface area contributed by atoms with Gasteiger partial charge in [-0.15, -0.1) is 0 Å². The molecule has 3 atom stereocenters. The van der Waals surface area contributed by atoms with Gasteiger partial charge in [-0.2, -0.15) is 0 Å². The molecule has 2 fully saturated rings. The minimum Gasteiger partial charge on any atom is -0.497 e. The van der Waals surface area contributed by atoms with Gasteiger partial charge in [0.2, 0.25) is 5.91 Å². The zero-order chi connectivity index (χ0) is 23.3. The number of ether oxygens (including phenoxy) is 1. The van der Waals surface area contributed by atoms with Gasteiger partial charge in [-0.3, -0.25) is 4.79 Å². The Morgan fingerprint density at radius 2 is 1.85 bits per heavy atom. The van der Waals surface area contributed by atoms with Crippen LogP contribution in [0.2, 0.25) is 0 Å². The number of nitrogens with zero attached hydrogens (tertiary/aromatic N) is 3. The molecule has 2 N–H and O–H groups in total. The third kappa shape index (κ3) is 3.59.